The molecular weight excluding hydrogens is 925 g/mol. The molecule has 0 aliphatic carbocycles. The Labute approximate surface area is 405 Å². The van der Waals surface area contributed by atoms with E-state index in [2.05, 4.69) is 31.9 Å². The average molecular weight is 995 g/mol. The number of aliphatic carboxylic acids is 5. The van der Waals surface area contributed by atoms with Crippen LogP contribution in [0.5, 0.6) is 0 Å². The molecule has 0 spiro atoms. The number of benzene rings is 1. The minimum Gasteiger partial charge on any atom is -0.481 e. The smallest absolute Gasteiger partial charge is 0.326 e. The molecule has 4 unspecified atom stereocenters. The Morgan fingerprint density at radius 2 is 1.01 bits per heavy atom. The van der Waals surface area contributed by atoms with Crippen molar-refractivity contribution in [2.45, 2.75) is 95.0 Å². The number of nitrogens with one attached hydrogen (secondary N) is 7. The molecule has 0 bridgehead atoms. The number of hydrogen-bond acceptors (Lipinski definition) is 15. The summed E-state index contributed by atoms with van der Waals surface area (Å²) in [5, 5.41) is 73.9. The zero-order valence-electron chi connectivity index (χ0n) is 39.3. The van der Waals surface area contributed by atoms with Crippen molar-refractivity contribution in [1.29, 1.82) is 0 Å². The zero-order chi connectivity index (χ0) is 51.8. The standard InChI is InChI=1S/C44H70N10O16/c55-34(14-12-31(42(66)67)50-44(70)51-32(43(68)69)13-15-38(59)60)45-16-8-3-1-2-7-11-35(56)49-33(25-30-9-5-4-6-10-30)41(65)48-26-36(57)46-17-18-47-37(58)27-52-19-21-53(28-39(61)62)23-24-54(22-20-52)29-40(63)64/h4-6,9-10,31-34,45,55H,1-3,7-8,11-29H2,(H,46,57)(H,47,58)(H,48,65)(H,49,56)(H,59,60)(H,61,62)(H,63,64)(H,66,67)(H,68,69)(H2,50,51,70). The van der Waals surface area contributed by atoms with Crippen molar-refractivity contribution < 1.29 is 78.6 Å². The highest BCUT2D eigenvalue weighted by atomic mass is 16.4. The molecule has 1 aliphatic heterocycles. The molecule has 26 heteroatoms. The third-order valence-electron chi connectivity index (χ3n) is 11.0. The summed E-state index contributed by atoms with van der Waals surface area (Å²) in [6.07, 6.45) is 1.39. The van der Waals surface area contributed by atoms with Crippen molar-refractivity contribution in [2.24, 2.45) is 0 Å². The summed E-state index contributed by atoms with van der Waals surface area (Å²) in [7, 11) is 0. The van der Waals surface area contributed by atoms with Crippen LogP contribution in [-0.4, -0.2) is 214 Å². The molecule has 2 rings (SSSR count). The first kappa shape index (κ1) is 59.6. The Bertz CT molecular complexity index is 1830. The van der Waals surface area contributed by atoms with Gasteiger partial charge in [0.25, 0.3) is 0 Å². The van der Waals surface area contributed by atoms with Gasteiger partial charge in [-0.2, -0.15) is 0 Å². The molecule has 0 aromatic heterocycles. The van der Waals surface area contributed by atoms with Crippen LogP contribution >= 0.6 is 0 Å². The van der Waals surface area contributed by atoms with Crippen LogP contribution in [0.1, 0.15) is 69.8 Å². The molecule has 1 heterocycles. The molecule has 26 nitrogen and oxygen atoms in total. The number of hydrogen-bond donors (Lipinski definition) is 13. The molecule has 4 atom stereocenters. The molecule has 1 aromatic carbocycles. The van der Waals surface area contributed by atoms with E-state index < -0.39 is 84.9 Å². The van der Waals surface area contributed by atoms with Gasteiger partial charge in [0.1, 0.15) is 24.4 Å². The van der Waals surface area contributed by atoms with Gasteiger partial charge in [-0.05, 0) is 44.2 Å². The maximum absolute atomic E-state index is 13.2. The summed E-state index contributed by atoms with van der Waals surface area (Å²) in [6.45, 7) is 1.93. The van der Waals surface area contributed by atoms with Crippen molar-refractivity contribution in [3.8, 4) is 0 Å². The Morgan fingerprint density at radius 1 is 0.500 bits per heavy atom. The van der Waals surface area contributed by atoms with E-state index >= 15 is 0 Å². The van der Waals surface area contributed by atoms with E-state index in [1.54, 1.807) is 34.1 Å². The van der Waals surface area contributed by atoms with E-state index in [-0.39, 0.29) is 76.8 Å². The monoisotopic (exact) mass is 994 g/mol. The second-order valence-corrected chi connectivity index (χ2v) is 16.7. The molecule has 1 saturated heterocycles. The highest BCUT2D eigenvalue weighted by Gasteiger charge is 2.26. The molecule has 13 N–H and O–H groups in total. The summed E-state index contributed by atoms with van der Waals surface area (Å²) in [6, 6.07) is 3.93. The lowest BCUT2D eigenvalue weighted by atomic mass is 10.0. The lowest BCUT2D eigenvalue weighted by Gasteiger charge is -2.24. The van der Waals surface area contributed by atoms with Crippen LogP contribution in [0.15, 0.2) is 30.3 Å². The van der Waals surface area contributed by atoms with E-state index in [1.165, 1.54) is 0 Å². The number of aliphatic hydroxyl groups excluding tert-OH is 1. The average Bonchev–Trinajstić information content (AvgIpc) is 3.37. The van der Waals surface area contributed by atoms with Crippen molar-refractivity contribution in [2.75, 3.05) is 85.1 Å². The summed E-state index contributed by atoms with van der Waals surface area (Å²) >= 11 is 0. The van der Waals surface area contributed by atoms with Gasteiger partial charge in [0, 0.05) is 71.6 Å². The Morgan fingerprint density at radius 3 is 1.56 bits per heavy atom. The molecule has 1 aliphatic rings. The maximum atomic E-state index is 13.2. The molecule has 1 aromatic rings. The van der Waals surface area contributed by atoms with E-state index in [9.17, 15) is 73.5 Å². The van der Waals surface area contributed by atoms with Gasteiger partial charge in [0.05, 0.1) is 26.2 Å². The molecule has 1 fully saturated rings. The van der Waals surface area contributed by atoms with Crippen LogP contribution in [-0.2, 0) is 49.6 Å². The molecule has 70 heavy (non-hydrogen) atoms. The van der Waals surface area contributed by atoms with E-state index in [4.69, 9.17) is 5.11 Å². The summed E-state index contributed by atoms with van der Waals surface area (Å²) in [5.41, 5.74) is 0.784. The first-order valence-corrected chi connectivity index (χ1v) is 23.2. The number of carboxylic acid groups (broad SMARTS) is 5. The van der Waals surface area contributed by atoms with Crippen LogP contribution in [0.25, 0.3) is 0 Å². The van der Waals surface area contributed by atoms with Crippen molar-refractivity contribution in [3.05, 3.63) is 35.9 Å². The number of carbonyl (C=O) groups is 10. The number of rotatable bonds is 34. The fraction of sp³-hybridized carbons (Fsp3) is 0.636. The summed E-state index contributed by atoms with van der Waals surface area (Å²) in [4.78, 5) is 125. The normalized spacial score (nSPS) is 15.3. The van der Waals surface area contributed by atoms with E-state index in [1.807, 2.05) is 16.3 Å². The number of nitrogens with zero attached hydrogens (tertiary/aromatic N) is 3. The SMILES string of the molecule is O=C(O)CCC(NC(=O)NC(CCC(O)NCCCCCCCC(=O)NC(Cc1ccccc1)C(=O)NCC(=O)NCCNC(=O)CN1CCN(CC(=O)O)CCN(CC(=O)O)CC1)C(=O)O)C(=O)O. The number of urea groups is 1. The third-order valence-corrected chi connectivity index (χ3v) is 11.0. The number of aliphatic hydroxyl groups is 1. The topological polar surface area (TPSA) is 386 Å². The Kier molecular flexibility index (Phi) is 28.9. The second kappa shape index (κ2) is 33.9. The van der Waals surface area contributed by atoms with Gasteiger partial charge in [0.15, 0.2) is 0 Å². The van der Waals surface area contributed by atoms with Gasteiger partial charge < -0.3 is 62.5 Å². The number of amides is 6. The number of carbonyl (C=O) groups excluding carboxylic acids is 5. The van der Waals surface area contributed by atoms with E-state index in [0.29, 0.717) is 65.1 Å². The van der Waals surface area contributed by atoms with E-state index in [0.717, 1.165) is 18.4 Å². The minimum absolute atomic E-state index is 0.0257. The number of carboxylic acids is 5. The van der Waals surface area contributed by atoms with Crippen molar-refractivity contribution >= 4 is 59.5 Å². The van der Waals surface area contributed by atoms with Gasteiger partial charge in [-0.25, -0.2) is 14.4 Å². The van der Waals surface area contributed by atoms with Crippen molar-refractivity contribution in [3.63, 3.8) is 0 Å². The van der Waals surface area contributed by atoms with Crippen LogP contribution in [0.2, 0.25) is 0 Å². The lowest BCUT2D eigenvalue weighted by molar-refractivity contribution is -0.141. The molecule has 0 radical (unpaired) electrons. The summed E-state index contributed by atoms with van der Waals surface area (Å²) in [5.74, 6) is -7.98. The quantitative estimate of drug-likeness (QED) is 0.0246. The van der Waals surface area contributed by atoms with Crippen LogP contribution in [0.4, 0.5) is 4.79 Å². The zero-order valence-corrected chi connectivity index (χ0v) is 39.3. The predicted octanol–water partition coefficient (Wildman–Crippen LogP) is -2.75. The van der Waals surface area contributed by atoms with Crippen molar-refractivity contribution in [1.82, 2.24) is 51.9 Å². The van der Waals surface area contributed by atoms with Gasteiger partial charge in [-0.3, -0.25) is 53.6 Å². The molecule has 392 valence electrons. The van der Waals surface area contributed by atoms with Gasteiger partial charge in [0.2, 0.25) is 23.6 Å². The summed E-state index contributed by atoms with van der Waals surface area (Å²) < 4.78 is 0. The van der Waals surface area contributed by atoms with Gasteiger partial charge in [-0.15, -0.1) is 0 Å². The van der Waals surface area contributed by atoms with Crippen LogP contribution in [0, 0.1) is 0 Å². The molecule has 0 saturated carbocycles. The fourth-order valence-electron chi connectivity index (χ4n) is 7.16. The maximum Gasteiger partial charge on any atom is 0.326 e. The molecule has 6 amide bonds. The van der Waals surface area contributed by atoms with Crippen LogP contribution in [0.3, 0.4) is 0 Å². The lowest BCUT2D eigenvalue weighted by Crippen LogP contribution is -2.51. The third kappa shape index (κ3) is 28.1. The first-order valence-electron chi connectivity index (χ1n) is 23.2. The van der Waals surface area contributed by atoms with Gasteiger partial charge in [-0.1, -0.05) is 49.6 Å². The second-order valence-electron chi connectivity index (χ2n) is 16.7. The highest BCUT2D eigenvalue weighted by molar-refractivity contribution is 5.91. The fourth-order valence-corrected chi connectivity index (χ4v) is 7.16. The minimum atomic E-state index is -1.54. The van der Waals surface area contributed by atoms with Gasteiger partial charge >= 0.3 is 35.9 Å². The first-order chi connectivity index (χ1) is 33.3. The Balaban J connectivity index is 1.70. The van der Waals surface area contributed by atoms with Crippen LogP contribution < -0.4 is 37.2 Å². The highest BCUT2D eigenvalue weighted by Crippen LogP contribution is 2.09. The Hall–Kier alpha value is -6.48. The number of unbranched alkanes of at least 4 members (excludes halogenated alkanes) is 4. The largest absolute Gasteiger partial charge is 0.481 e. The molecular formula is C44H70N10O16. The predicted molar refractivity (Wildman–Crippen MR) is 248 cm³/mol.